The molecule has 1 heterocycles. The maximum absolute atomic E-state index is 10.9. The zero-order valence-corrected chi connectivity index (χ0v) is 9.14. The molecular formula is C11H22N2O. The highest BCUT2D eigenvalue weighted by Crippen LogP contribution is 2.16. The summed E-state index contributed by atoms with van der Waals surface area (Å²) in [5.74, 6) is 1.06. The monoisotopic (exact) mass is 198 g/mol. The largest absolute Gasteiger partial charge is 0.356 e. The zero-order chi connectivity index (χ0) is 10.2. The van der Waals surface area contributed by atoms with Crippen LogP contribution in [0.1, 0.15) is 39.0 Å². The molecule has 1 rings (SSSR count). The topological polar surface area (TPSA) is 41.1 Å². The summed E-state index contributed by atoms with van der Waals surface area (Å²) < 4.78 is 0. The molecule has 0 atom stereocenters. The molecule has 1 fully saturated rings. The molecule has 0 unspecified atom stereocenters. The van der Waals surface area contributed by atoms with Crippen molar-refractivity contribution in [2.75, 3.05) is 19.6 Å². The molecule has 0 bridgehead atoms. The van der Waals surface area contributed by atoms with E-state index in [1.165, 1.54) is 32.4 Å². The second-order valence-electron chi connectivity index (χ2n) is 4.04. The maximum Gasteiger partial charge on any atom is 0.219 e. The van der Waals surface area contributed by atoms with E-state index in [9.17, 15) is 4.79 Å². The summed E-state index contributed by atoms with van der Waals surface area (Å²) in [4.78, 5) is 10.9. The SMILES string of the molecule is CCC(=O)NCCCC1CCNCC1. The lowest BCUT2D eigenvalue weighted by Crippen LogP contribution is -2.29. The van der Waals surface area contributed by atoms with Crippen molar-refractivity contribution in [2.24, 2.45) is 5.92 Å². The van der Waals surface area contributed by atoms with Gasteiger partial charge in [-0.05, 0) is 44.7 Å². The van der Waals surface area contributed by atoms with Gasteiger partial charge < -0.3 is 10.6 Å². The van der Waals surface area contributed by atoms with Gasteiger partial charge in [-0.1, -0.05) is 6.92 Å². The van der Waals surface area contributed by atoms with Crippen molar-refractivity contribution in [3.8, 4) is 0 Å². The molecule has 14 heavy (non-hydrogen) atoms. The molecule has 82 valence electrons. The number of nitrogens with one attached hydrogen (secondary N) is 2. The van der Waals surface area contributed by atoms with Gasteiger partial charge in [-0.15, -0.1) is 0 Å². The van der Waals surface area contributed by atoms with Crippen LogP contribution in [0.25, 0.3) is 0 Å². The summed E-state index contributed by atoms with van der Waals surface area (Å²) in [6, 6.07) is 0. The van der Waals surface area contributed by atoms with Crippen molar-refractivity contribution in [3.05, 3.63) is 0 Å². The first-order chi connectivity index (χ1) is 6.83. The molecule has 1 aliphatic heterocycles. The van der Waals surface area contributed by atoms with Crippen molar-refractivity contribution in [1.82, 2.24) is 10.6 Å². The van der Waals surface area contributed by atoms with E-state index in [1.807, 2.05) is 6.92 Å². The Balaban J connectivity index is 1.94. The molecule has 2 N–H and O–H groups in total. The second-order valence-corrected chi connectivity index (χ2v) is 4.04. The first-order valence-electron chi connectivity index (χ1n) is 5.80. The number of amides is 1. The first-order valence-corrected chi connectivity index (χ1v) is 5.80. The Morgan fingerprint density at radius 3 is 2.79 bits per heavy atom. The molecular weight excluding hydrogens is 176 g/mol. The number of carbonyl (C=O) groups excluding carboxylic acids is 1. The van der Waals surface area contributed by atoms with E-state index in [0.29, 0.717) is 6.42 Å². The standard InChI is InChI=1S/C11H22N2O/c1-2-11(14)13-7-3-4-10-5-8-12-9-6-10/h10,12H,2-9H2,1H3,(H,13,14). The molecule has 0 saturated carbocycles. The average Bonchev–Trinajstić information content (AvgIpc) is 2.25. The van der Waals surface area contributed by atoms with Crippen molar-refractivity contribution < 1.29 is 4.79 Å². The lowest BCUT2D eigenvalue weighted by Gasteiger charge is -2.22. The summed E-state index contributed by atoms with van der Waals surface area (Å²) in [6.07, 6.45) is 5.62. The van der Waals surface area contributed by atoms with E-state index in [1.54, 1.807) is 0 Å². The van der Waals surface area contributed by atoms with Crippen LogP contribution < -0.4 is 10.6 Å². The number of hydrogen-bond donors (Lipinski definition) is 2. The highest BCUT2D eigenvalue weighted by atomic mass is 16.1. The van der Waals surface area contributed by atoms with Gasteiger partial charge in [0, 0.05) is 13.0 Å². The molecule has 0 aliphatic carbocycles. The Morgan fingerprint density at radius 1 is 1.43 bits per heavy atom. The van der Waals surface area contributed by atoms with Gasteiger partial charge in [0.1, 0.15) is 0 Å². The van der Waals surface area contributed by atoms with Gasteiger partial charge in [0.05, 0.1) is 0 Å². The third kappa shape index (κ3) is 4.61. The Bertz CT molecular complexity index is 165. The third-order valence-corrected chi connectivity index (χ3v) is 2.89. The van der Waals surface area contributed by atoms with Crippen molar-refractivity contribution >= 4 is 5.91 Å². The molecule has 0 aromatic rings. The minimum Gasteiger partial charge on any atom is -0.356 e. The fraction of sp³-hybridized carbons (Fsp3) is 0.909. The van der Waals surface area contributed by atoms with Crippen LogP contribution >= 0.6 is 0 Å². The Kier molecular flexibility index (Phi) is 5.60. The van der Waals surface area contributed by atoms with Gasteiger partial charge in [-0.25, -0.2) is 0 Å². The van der Waals surface area contributed by atoms with E-state index in [4.69, 9.17) is 0 Å². The van der Waals surface area contributed by atoms with Crippen LogP contribution in [-0.4, -0.2) is 25.5 Å². The molecule has 1 aliphatic rings. The fourth-order valence-electron chi connectivity index (χ4n) is 1.91. The Labute approximate surface area is 86.6 Å². The fourth-order valence-corrected chi connectivity index (χ4v) is 1.91. The predicted molar refractivity (Wildman–Crippen MR) is 58.1 cm³/mol. The highest BCUT2D eigenvalue weighted by molar-refractivity contribution is 5.75. The van der Waals surface area contributed by atoms with Crippen LogP contribution in [0.3, 0.4) is 0 Å². The first kappa shape index (κ1) is 11.5. The maximum atomic E-state index is 10.9. The normalized spacial score (nSPS) is 18.1. The van der Waals surface area contributed by atoms with Crippen LogP contribution in [-0.2, 0) is 4.79 Å². The molecule has 0 aromatic heterocycles. The molecule has 0 radical (unpaired) electrons. The van der Waals surface area contributed by atoms with Gasteiger partial charge in [-0.2, -0.15) is 0 Å². The number of rotatable bonds is 5. The number of piperidine rings is 1. The molecule has 0 spiro atoms. The zero-order valence-electron chi connectivity index (χ0n) is 9.14. The van der Waals surface area contributed by atoms with Gasteiger partial charge in [-0.3, -0.25) is 4.79 Å². The molecule has 1 saturated heterocycles. The molecule has 3 heteroatoms. The Morgan fingerprint density at radius 2 is 2.14 bits per heavy atom. The summed E-state index contributed by atoms with van der Waals surface area (Å²) in [5, 5.41) is 6.28. The second kappa shape index (κ2) is 6.82. The van der Waals surface area contributed by atoms with Gasteiger partial charge in [0.2, 0.25) is 5.91 Å². The van der Waals surface area contributed by atoms with E-state index in [-0.39, 0.29) is 5.91 Å². The van der Waals surface area contributed by atoms with E-state index >= 15 is 0 Å². The Hall–Kier alpha value is -0.570. The van der Waals surface area contributed by atoms with E-state index in [2.05, 4.69) is 10.6 Å². The van der Waals surface area contributed by atoms with Crippen LogP contribution in [0, 0.1) is 5.92 Å². The van der Waals surface area contributed by atoms with Gasteiger partial charge in [0.15, 0.2) is 0 Å². The van der Waals surface area contributed by atoms with Crippen molar-refractivity contribution in [2.45, 2.75) is 39.0 Å². The number of carbonyl (C=O) groups is 1. The minimum absolute atomic E-state index is 0.176. The summed E-state index contributed by atoms with van der Waals surface area (Å²) in [7, 11) is 0. The molecule has 3 nitrogen and oxygen atoms in total. The quantitative estimate of drug-likeness (QED) is 0.654. The van der Waals surface area contributed by atoms with Crippen molar-refractivity contribution in [3.63, 3.8) is 0 Å². The summed E-state index contributed by atoms with van der Waals surface area (Å²) in [6.45, 7) is 5.09. The van der Waals surface area contributed by atoms with E-state index < -0.39 is 0 Å². The molecule has 0 aromatic carbocycles. The van der Waals surface area contributed by atoms with Crippen LogP contribution in [0.4, 0.5) is 0 Å². The smallest absolute Gasteiger partial charge is 0.219 e. The van der Waals surface area contributed by atoms with Crippen molar-refractivity contribution in [1.29, 1.82) is 0 Å². The lowest BCUT2D eigenvalue weighted by molar-refractivity contribution is -0.120. The van der Waals surface area contributed by atoms with Crippen LogP contribution in [0.5, 0.6) is 0 Å². The molecule has 1 amide bonds. The van der Waals surface area contributed by atoms with Gasteiger partial charge in [0.25, 0.3) is 0 Å². The minimum atomic E-state index is 0.176. The van der Waals surface area contributed by atoms with E-state index in [0.717, 1.165) is 18.9 Å². The lowest BCUT2D eigenvalue weighted by atomic mass is 9.93. The summed E-state index contributed by atoms with van der Waals surface area (Å²) >= 11 is 0. The van der Waals surface area contributed by atoms with Crippen LogP contribution in [0.2, 0.25) is 0 Å². The highest BCUT2D eigenvalue weighted by Gasteiger charge is 2.11. The average molecular weight is 198 g/mol. The summed E-state index contributed by atoms with van der Waals surface area (Å²) in [5.41, 5.74) is 0. The predicted octanol–water partition coefficient (Wildman–Crippen LogP) is 1.29. The third-order valence-electron chi connectivity index (χ3n) is 2.89. The van der Waals surface area contributed by atoms with Gasteiger partial charge >= 0.3 is 0 Å². The number of hydrogen-bond acceptors (Lipinski definition) is 2. The van der Waals surface area contributed by atoms with Crippen LogP contribution in [0.15, 0.2) is 0 Å².